The van der Waals surface area contributed by atoms with E-state index in [1.165, 1.54) is 4.88 Å². The maximum absolute atomic E-state index is 12.3. The van der Waals surface area contributed by atoms with Crippen LogP contribution in [-0.4, -0.2) is 53.1 Å². The second-order valence-corrected chi connectivity index (χ2v) is 6.91. The van der Waals surface area contributed by atoms with Crippen LogP contribution >= 0.6 is 11.3 Å². The molecule has 0 aromatic carbocycles. The second kappa shape index (κ2) is 7.25. The van der Waals surface area contributed by atoms with Gasteiger partial charge in [-0.1, -0.05) is 11.2 Å². The quantitative estimate of drug-likeness (QED) is 0.908. The standard InChI is InChI=1S/C16H22N4O2S/c1-12-10-15(18-22-12)17-16(21)13(2)20-7-5-19(6-8-20)11-14-4-3-9-23-14/h3-4,9-10,13H,5-8,11H2,1-2H3,(H,17,18,21). The van der Waals surface area contributed by atoms with Crippen LogP contribution in [0.2, 0.25) is 0 Å². The van der Waals surface area contributed by atoms with Crippen LogP contribution < -0.4 is 5.32 Å². The van der Waals surface area contributed by atoms with E-state index in [-0.39, 0.29) is 11.9 Å². The van der Waals surface area contributed by atoms with Gasteiger partial charge in [0.1, 0.15) is 5.76 Å². The predicted molar refractivity (Wildman–Crippen MR) is 90.5 cm³/mol. The highest BCUT2D eigenvalue weighted by Crippen LogP contribution is 2.15. The highest BCUT2D eigenvalue weighted by atomic mass is 32.1. The van der Waals surface area contributed by atoms with E-state index in [0.717, 1.165) is 32.7 Å². The number of aryl methyl sites for hydroxylation is 1. The minimum absolute atomic E-state index is 0.0370. The second-order valence-electron chi connectivity index (χ2n) is 5.88. The van der Waals surface area contributed by atoms with Crippen molar-refractivity contribution in [3.05, 3.63) is 34.2 Å². The first-order valence-electron chi connectivity index (χ1n) is 7.85. The Bertz CT molecular complexity index is 632. The van der Waals surface area contributed by atoms with E-state index in [9.17, 15) is 4.79 Å². The third kappa shape index (κ3) is 4.19. The molecule has 1 fully saturated rings. The number of rotatable bonds is 5. The summed E-state index contributed by atoms with van der Waals surface area (Å²) >= 11 is 1.80. The van der Waals surface area contributed by atoms with Crippen LogP contribution in [0.3, 0.4) is 0 Å². The van der Waals surface area contributed by atoms with Crippen LogP contribution in [0, 0.1) is 6.92 Å². The fraction of sp³-hybridized carbons (Fsp3) is 0.500. The van der Waals surface area contributed by atoms with Crippen molar-refractivity contribution in [1.82, 2.24) is 15.0 Å². The molecule has 1 N–H and O–H groups in total. The van der Waals surface area contributed by atoms with Crippen molar-refractivity contribution >= 4 is 23.1 Å². The molecule has 23 heavy (non-hydrogen) atoms. The van der Waals surface area contributed by atoms with E-state index in [0.29, 0.717) is 11.6 Å². The molecule has 1 unspecified atom stereocenters. The fourth-order valence-electron chi connectivity index (χ4n) is 2.75. The number of aromatic nitrogens is 1. The molecule has 1 aliphatic rings. The molecule has 1 atom stereocenters. The van der Waals surface area contributed by atoms with Gasteiger partial charge in [0.2, 0.25) is 5.91 Å². The van der Waals surface area contributed by atoms with Crippen LogP contribution in [0.25, 0.3) is 0 Å². The van der Waals surface area contributed by atoms with E-state index < -0.39 is 0 Å². The first-order chi connectivity index (χ1) is 11.1. The van der Waals surface area contributed by atoms with E-state index >= 15 is 0 Å². The summed E-state index contributed by atoms with van der Waals surface area (Å²) in [5.41, 5.74) is 0. The van der Waals surface area contributed by atoms with Crippen LogP contribution in [0.4, 0.5) is 5.82 Å². The lowest BCUT2D eigenvalue weighted by Gasteiger charge is -2.37. The molecule has 7 heteroatoms. The molecule has 3 rings (SSSR count). The van der Waals surface area contributed by atoms with Gasteiger partial charge in [0, 0.05) is 43.7 Å². The van der Waals surface area contributed by atoms with Crippen LogP contribution in [-0.2, 0) is 11.3 Å². The highest BCUT2D eigenvalue weighted by Gasteiger charge is 2.26. The largest absolute Gasteiger partial charge is 0.360 e. The molecular formula is C16H22N4O2S. The van der Waals surface area contributed by atoms with Crippen LogP contribution in [0.5, 0.6) is 0 Å². The van der Waals surface area contributed by atoms with Crippen molar-refractivity contribution < 1.29 is 9.32 Å². The first-order valence-corrected chi connectivity index (χ1v) is 8.73. The van der Waals surface area contributed by atoms with Gasteiger partial charge < -0.3 is 9.84 Å². The molecule has 0 spiro atoms. The first kappa shape index (κ1) is 16.2. The van der Waals surface area contributed by atoms with Gasteiger partial charge in [-0.05, 0) is 25.3 Å². The number of hydrogen-bond donors (Lipinski definition) is 1. The van der Waals surface area contributed by atoms with Gasteiger partial charge in [-0.2, -0.15) is 0 Å². The summed E-state index contributed by atoms with van der Waals surface area (Å²) in [6.45, 7) is 8.52. The van der Waals surface area contributed by atoms with Crippen molar-refractivity contribution in [1.29, 1.82) is 0 Å². The number of anilines is 1. The van der Waals surface area contributed by atoms with Gasteiger partial charge in [0.15, 0.2) is 5.82 Å². The summed E-state index contributed by atoms with van der Waals surface area (Å²) in [5, 5.41) is 8.73. The van der Waals surface area contributed by atoms with E-state index in [1.54, 1.807) is 24.3 Å². The molecule has 1 amide bonds. The molecular weight excluding hydrogens is 312 g/mol. The van der Waals surface area contributed by atoms with Gasteiger partial charge in [-0.15, -0.1) is 11.3 Å². The van der Waals surface area contributed by atoms with Crippen LogP contribution in [0.1, 0.15) is 17.6 Å². The zero-order chi connectivity index (χ0) is 16.2. The lowest BCUT2D eigenvalue weighted by molar-refractivity contribution is -0.121. The molecule has 3 heterocycles. The Kier molecular flexibility index (Phi) is 5.09. The van der Waals surface area contributed by atoms with Gasteiger partial charge in [-0.3, -0.25) is 14.6 Å². The monoisotopic (exact) mass is 334 g/mol. The topological polar surface area (TPSA) is 61.6 Å². The van der Waals surface area contributed by atoms with E-state index in [1.807, 2.05) is 6.92 Å². The lowest BCUT2D eigenvalue weighted by atomic mass is 10.2. The normalized spacial score (nSPS) is 18.0. The number of piperazine rings is 1. The molecule has 2 aromatic rings. The van der Waals surface area contributed by atoms with Crippen molar-refractivity contribution in [3.63, 3.8) is 0 Å². The van der Waals surface area contributed by atoms with Crippen molar-refractivity contribution in [3.8, 4) is 0 Å². The Morgan fingerprint density at radius 2 is 2.22 bits per heavy atom. The lowest BCUT2D eigenvalue weighted by Crippen LogP contribution is -2.52. The predicted octanol–water partition coefficient (Wildman–Crippen LogP) is 2.19. The third-order valence-electron chi connectivity index (χ3n) is 4.17. The Balaban J connectivity index is 1.47. The van der Waals surface area contributed by atoms with Gasteiger partial charge in [0.05, 0.1) is 6.04 Å². The number of thiophene rings is 1. The molecule has 1 aliphatic heterocycles. The maximum Gasteiger partial charge on any atom is 0.242 e. The van der Waals surface area contributed by atoms with E-state index in [4.69, 9.17) is 4.52 Å². The maximum atomic E-state index is 12.3. The molecule has 2 aromatic heterocycles. The number of hydrogen-bond acceptors (Lipinski definition) is 6. The van der Waals surface area contributed by atoms with Crippen molar-refractivity contribution in [2.24, 2.45) is 0 Å². The summed E-state index contributed by atoms with van der Waals surface area (Å²) in [4.78, 5) is 18.4. The average molecular weight is 334 g/mol. The molecule has 0 saturated carbocycles. The Morgan fingerprint density at radius 1 is 1.43 bits per heavy atom. The van der Waals surface area contributed by atoms with Gasteiger partial charge in [-0.25, -0.2) is 0 Å². The highest BCUT2D eigenvalue weighted by molar-refractivity contribution is 7.09. The Hall–Kier alpha value is -1.70. The summed E-state index contributed by atoms with van der Waals surface area (Å²) in [6, 6.07) is 5.82. The van der Waals surface area contributed by atoms with Crippen molar-refractivity contribution in [2.75, 3.05) is 31.5 Å². The molecule has 124 valence electrons. The smallest absolute Gasteiger partial charge is 0.242 e. The van der Waals surface area contributed by atoms with Crippen molar-refractivity contribution in [2.45, 2.75) is 26.4 Å². The Labute approximate surface area is 140 Å². The zero-order valence-corrected chi connectivity index (χ0v) is 14.3. The molecule has 0 radical (unpaired) electrons. The number of nitrogens with one attached hydrogen (secondary N) is 1. The summed E-state index contributed by atoms with van der Waals surface area (Å²) < 4.78 is 4.97. The molecule has 6 nitrogen and oxygen atoms in total. The van der Waals surface area contributed by atoms with Gasteiger partial charge >= 0.3 is 0 Å². The number of carbonyl (C=O) groups excluding carboxylic acids is 1. The minimum Gasteiger partial charge on any atom is -0.360 e. The number of nitrogens with zero attached hydrogens (tertiary/aromatic N) is 3. The van der Waals surface area contributed by atoms with Gasteiger partial charge in [0.25, 0.3) is 0 Å². The molecule has 1 saturated heterocycles. The number of carbonyl (C=O) groups is 1. The van der Waals surface area contributed by atoms with Crippen LogP contribution in [0.15, 0.2) is 28.1 Å². The average Bonchev–Trinajstić information content (AvgIpc) is 3.19. The summed E-state index contributed by atoms with van der Waals surface area (Å²) in [5.74, 6) is 1.14. The summed E-state index contributed by atoms with van der Waals surface area (Å²) in [7, 11) is 0. The third-order valence-corrected chi connectivity index (χ3v) is 5.03. The molecule has 0 aliphatic carbocycles. The SMILES string of the molecule is Cc1cc(NC(=O)C(C)N2CCN(Cc3cccs3)CC2)no1. The minimum atomic E-state index is -0.170. The number of amides is 1. The fourth-order valence-corrected chi connectivity index (χ4v) is 3.50. The zero-order valence-electron chi connectivity index (χ0n) is 13.5. The summed E-state index contributed by atoms with van der Waals surface area (Å²) in [6.07, 6.45) is 0. The Morgan fingerprint density at radius 3 is 2.83 bits per heavy atom. The molecule has 0 bridgehead atoms. The van der Waals surface area contributed by atoms with E-state index in [2.05, 4.69) is 37.8 Å².